The Labute approximate surface area is 343 Å². The first-order valence-corrected chi connectivity index (χ1v) is 22.7. The molecular formula is C43H72O13Si. The molecule has 2 aromatic carbocycles. The van der Waals surface area contributed by atoms with Crippen LogP contribution in [0.3, 0.4) is 0 Å². The molecule has 0 radical (unpaired) electrons. The summed E-state index contributed by atoms with van der Waals surface area (Å²) in [4.78, 5) is 0. The van der Waals surface area contributed by atoms with Crippen LogP contribution in [0.15, 0.2) is 60.7 Å². The second-order valence-corrected chi connectivity index (χ2v) is 18.6. The zero-order chi connectivity index (χ0) is 40.4. The van der Waals surface area contributed by atoms with E-state index in [0.29, 0.717) is 145 Å². The molecule has 14 heteroatoms. The molecular weight excluding hydrogens is 753 g/mol. The Bertz CT molecular complexity index is 1130. The predicted octanol–water partition coefficient (Wildman–Crippen LogP) is 4.27. The van der Waals surface area contributed by atoms with Crippen LogP contribution >= 0.6 is 0 Å². The van der Waals surface area contributed by atoms with E-state index in [1.54, 1.807) is 0 Å². The summed E-state index contributed by atoms with van der Waals surface area (Å²) in [6.07, 6.45) is 3.18. The maximum atomic E-state index is 6.85. The van der Waals surface area contributed by atoms with Gasteiger partial charge >= 0.3 is 0 Å². The van der Waals surface area contributed by atoms with Crippen LogP contribution in [0.2, 0.25) is 5.04 Å². The number of hydrogen-bond acceptors (Lipinski definition) is 13. The van der Waals surface area contributed by atoms with E-state index in [4.69, 9.17) is 61.3 Å². The van der Waals surface area contributed by atoms with E-state index in [0.717, 1.165) is 25.9 Å². The van der Waals surface area contributed by atoms with Gasteiger partial charge in [-0.1, -0.05) is 81.4 Å². The molecule has 0 aromatic heterocycles. The first kappa shape index (κ1) is 49.5. The van der Waals surface area contributed by atoms with Gasteiger partial charge in [0.15, 0.2) is 6.29 Å². The van der Waals surface area contributed by atoms with Gasteiger partial charge in [-0.3, -0.25) is 0 Å². The summed E-state index contributed by atoms with van der Waals surface area (Å²) in [7, 11) is -2.54. The minimum absolute atomic E-state index is 0.0573. The lowest BCUT2D eigenvalue weighted by Gasteiger charge is -2.43. The highest BCUT2D eigenvalue weighted by Gasteiger charge is 2.50. The van der Waals surface area contributed by atoms with E-state index < -0.39 is 8.32 Å². The predicted molar refractivity (Wildman–Crippen MR) is 221 cm³/mol. The molecule has 0 amide bonds. The molecule has 57 heavy (non-hydrogen) atoms. The molecule has 0 spiro atoms. The molecule has 2 aromatic rings. The molecule has 326 valence electrons. The van der Waals surface area contributed by atoms with Gasteiger partial charge in [0, 0.05) is 6.61 Å². The van der Waals surface area contributed by atoms with Crippen LogP contribution in [0.5, 0.6) is 0 Å². The Balaban J connectivity index is 0.991. The fourth-order valence-corrected chi connectivity index (χ4v) is 10.7. The van der Waals surface area contributed by atoms with Gasteiger partial charge in [0.05, 0.1) is 145 Å². The first-order valence-electron chi connectivity index (χ1n) is 20.8. The maximum Gasteiger partial charge on any atom is 0.261 e. The van der Waals surface area contributed by atoms with Crippen LogP contribution in [0.4, 0.5) is 0 Å². The summed E-state index contributed by atoms with van der Waals surface area (Å²) in [5.41, 5.74) is 0. The Morgan fingerprint density at radius 2 is 0.754 bits per heavy atom. The average molecular weight is 825 g/mol. The third kappa shape index (κ3) is 22.4. The van der Waals surface area contributed by atoms with E-state index in [1.807, 2.05) is 0 Å². The molecule has 1 aliphatic rings. The Morgan fingerprint density at radius 3 is 1.05 bits per heavy atom. The third-order valence-corrected chi connectivity index (χ3v) is 14.0. The number of rotatable bonds is 37. The number of hydrogen-bond donors (Lipinski definition) is 0. The molecule has 0 bridgehead atoms. The summed E-state index contributed by atoms with van der Waals surface area (Å²) in [5.74, 6) is 0. The van der Waals surface area contributed by atoms with Crippen LogP contribution in [0, 0.1) is 0 Å². The van der Waals surface area contributed by atoms with Gasteiger partial charge in [0.2, 0.25) is 0 Å². The van der Waals surface area contributed by atoms with Crippen LogP contribution in [0.1, 0.15) is 40.0 Å². The van der Waals surface area contributed by atoms with Gasteiger partial charge in [-0.15, -0.1) is 0 Å². The van der Waals surface area contributed by atoms with Crippen LogP contribution in [-0.4, -0.2) is 167 Å². The van der Waals surface area contributed by atoms with Crippen molar-refractivity contribution in [2.45, 2.75) is 51.4 Å². The second kappa shape index (κ2) is 32.9. The summed E-state index contributed by atoms with van der Waals surface area (Å²) < 4.78 is 73.8. The van der Waals surface area contributed by atoms with Gasteiger partial charge < -0.3 is 61.3 Å². The molecule has 13 nitrogen and oxygen atoms in total. The van der Waals surface area contributed by atoms with Crippen molar-refractivity contribution < 1.29 is 61.3 Å². The summed E-state index contributed by atoms with van der Waals surface area (Å²) >= 11 is 0. The molecule has 1 aliphatic heterocycles. The summed E-state index contributed by atoms with van der Waals surface area (Å²) in [5, 5.41) is 2.48. The molecule has 1 heterocycles. The van der Waals surface area contributed by atoms with Crippen molar-refractivity contribution in [2.75, 3.05) is 152 Å². The monoisotopic (exact) mass is 824 g/mol. The fraction of sp³-hybridized carbons (Fsp3) is 0.721. The third-order valence-electron chi connectivity index (χ3n) is 8.98. The van der Waals surface area contributed by atoms with E-state index in [-0.39, 0.29) is 11.3 Å². The fourth-order valence-electron chi connectivity index (χ4n) is 6.18. The van der Waals surface area contributed by atoms with Crippen LogP contribution in [0.25, 0.3) is 0 Å². The Kier molecular flexibility index (Phi) is 28.6. The van der Waals surface area contributed by atoms with Gasteiger partial charge in [-0.05, 0) is 34.7 Å². The SMILES string of the molecule is CC(C)(C)[Si](OCCOCCOCCOCCOCCOCCOCCOCCOCCOCCOCCOC1CCCCO1)(c1ccccc1)c1ccccc1. The molecule has 0 aliphatic carbocycles. The zero-order valence-electron chi connectivity index (χ0n) is 35.0. The van der Waals surface area contributed by atoms with Gasteiger partial charge in [-0.25, -0.2) is 0 Å². The van der Waals surface area contributed by atoms with Crippen molar-refractivity contribution in [3.05, 3.63) is 60.7 Å². The largest absolute Gasteiger partial charge is 0.405 e. The molecule has 3 rings (SSSR count). The highest BCUT2D eigenvalue weighted by Crippen LogP contribution is 2.36. The standard InChI is InChI=1S/C43H72O13Si/c1-43(2,3)57(40-12-6-4-7-13-40,41-14-8-5-9-15-41)56-39-37-53-35-33-51-31-29-49-27-25-47-23-21-45-19-18-44-20-22-46-24-26-48-28-30-50-32-34-52-36-38-55-42-16-10-11-17-54-42/h4-9,12-15,42H,10-11,16-39H2,1-3H3. The van der Waals surface area contributed by atoms with Crippen molar-refractivity contribution in [1.82, 2.24) is 0 Å². The zero-order valence-corrected chi connectivity index (χ0v) is 36.0. The van der Waals surface area contributed by atoms with E-state index in [1.165, 1.54) is 10.4 Å². The lowest BCUT2D eigenvalue weighted by atomic mass is 10.2. The lowest BCUT2D eigenvalue weighted by Crippen LogP contribution is -2.66. The van der Waals surface area contributed by atoms with E-state index >= 15 is 0 Å². The molecule has 0 saturated carbocycles. The number of ether oxygens (including phenoxy) is 12. The smallest absolute Gasteiger partial charge is 0.261 e. The van der Waals surface area contributed by atoms with Crippen molar-refractivity contribution in [1.29, 1.82) is 0 Å². The minimum atomic E-state index is -2.54. The van der Waals surface area contributed by atoms with Crippen molar-refractivity contribution in [2.24, 2.45) is 0 Å². The molecule has 1 unspecified atom stereocenters. The van der Waals surface area contributed by atoms with Crippen LogP contribution < -0.4 is 10.4 Å². The minimum Gasteiger partial charge on any atom is -0.405 e. The summed E-state index contributed by atoms with van der Waals surface area (Å²) in [6.45, 7) is 18.9. The highest BCUT2D eigenvalue weighted by atomic mass is 28.4. The topological polar surface area (TPSA) is 120 Å². The maximum absolute atomic E-state index is 6.85. The Hall–Kier alpha value is -1.86. The average Bonchev–Trinajstić information content (AvgIpc) is 3.23. The molecule has 0 N–H and O–H groups in total. The first-order chi connectivity index (χ1) is 28.0. The second-order valence-electron chi connectivity index (χ2n) is 14.3. The van der Waals surface area contributed by atoms with Crippen LogP contribution in [-0.2, 0) is 61.3 Å². The molecule has 1 saturated heterocycles. The highest BCUT2D eigenvalue weighted by molar-refractivity contribution is 6.99. The Morgan fingerprint density at radius 1 is 0.439 bits per heavy atom. The van der Waals surface area contributed by atoms with Crippen molar-refractivity contribution >= 4 is 18.7 Å². The molecule has 1 atom stereocenters. The van der Waals surface area contributed by atoms with Gasteiger partial charge in [0.25, 0.3) is 8.32 Å². The van der Waals surface area contributed by atoms with Gasteiger partial charge in [-0.2, -0.15) is 0 Å². The van der Waals surface area contributed by atoms with Crippen molar-refractivity contribution in [3.8, 4) is 0 Å². The molecule has 1 fully saturated rings. The normalized spacial score (nSPS) is 15.0. The van der Waals surface area contributed by atoms with E-state index in [9.17, 15) is 0 Å². The number of benzene rings is 2. The quantitative estimate of drug-likeness (QED) is 0.0714. The van der Waals surface area contributed by atoms with E-state index in [2.05, 4.69) is 81.4 Å². The summed E-state index contributed by atoms with van der Waals surface area (Å²) in [6, 6.07) is 21.3. The lowest BCUT2D eigenvalue weighted by molar-refractivity contribution is -0.169. The van der Waals surface area contributed by atoms with Gasteiger partial charge in [0.1, 0.15) is 0 Å². The van der Waals surface area contributed by atoms with Crippen molar-refractivity contribution in [3.63, 3.8) is 0 Å².